The summed E-state index contributed by atoms with van der Waals surface area (Å²) in [7, 11) is 0. The lowest BCUT2D eigenvalue weighted by atomic mass is 10.1. The number of aliphatic hydroxyl groups is 2. The zero-order valence-corrected chi connectivity index (χ0v) is 21.4. The molecule has 1 aliphatic carbocycles. The molecule has 0 bridgehead atoms. The van der Waals surface area contributed by atoms with Gasteiger partial charge in [0.25, 0.3) is 5.56 Å². The lowest BCUT2D eigenvalue weighted by Gasteiger charge is -2.25. The summed E-state index contributed by atoms with van der Waals surface area (Å²) in [5.74, 6) is -1.79. The van der Waals surface area contributed by atoms with E-state index in [4.69, 9.17) is 23.7 Å². The lowest BCUT2D eigenvalue weighted by molar-refractivity contribution is -0.200. The molecule has 3 saturated heterocycles. The lowest BCUT2D eigenvalue weighted by Crippen LogP contribution is -2.34. The Morgan fingerprint density at radius 1 is 1.03 bits per heavy atom. The minimum atomic E-state index is -0.840. The average molecular weight is 557 g/mol. The molecule has 0 amide bonds. The van der Waals surface area contributed by atoms with Gasteiger partial charge in [0.1, 0.15) is 30.7 Å². The molecular formula is C22H29BrN4O8. The number of aromatic nitrogens is 4. The average Bonchev–Trinajstić information content (AvgIpc) is 3.53. The minimum absolute atomic E-state index is 0.0618. The largest absolute Gasteiger partial charge is 0.396 e. The molecule has 2 aromatic heterocycles. The highest BCUT2D eigenvalue weighted by molar-refractivity contribution is 9.10. The van der Waals surface area contributed by atoms with Crippen molar-refractivity contribution in [3.63, 3.8) is 0 Å². The molecular weight excluding hydrogens is 528 g/mol. The van der Waals surface area contributed by atoms with Crippen LogP contribution >= 0.6 is 15.9 Å². The van der Waals surface area contributed by atoms with Crippen LogP contribution in [-0.4, -0.2) is 84.6 Å². The Balaban J connectivity index is 1.39. The number of hydrogen-bond acceptors (Lipinski definition) is 10. The molecule has 8 atom stereocenters. The van der Waals surface area contributed by atoms with E-state index in [1.165, 1.54) is 10.9 Å². The van der Waals surface area contributed by atoms with Gasteiger partial charge in [-0.2, -0.15) is 0 Å². The van der Waals surface area contributed by atoms with Gasteiger partial charge in [-0.15, -0.1) is 0 Å². The van der Waals surface area contributed by atoms with Gasteiger partial charge < -0.3 is 33.9 Å². The number of hydrogen-bond donors (Lipinski definition) is 2. The predicted octanol–water partition coefficient (Wildman–Crippen LogP) is 0.839. The SMILES string of the molecule is CC1(C)O[C@@H]2[C@@H](CO)C[C@@H](n3cnc4c(nc(Br)n4[C@@H]4O[C@H](CO)[C@H]5OC(C)(C)O[C@H]54)c3=O)[C@@H]2O1. The Kier molecular flexibility index (Phi) is 5.48. The molecule has 13 heteroatoms. The number of rotatable bonds is 4. The van der Waals surface area contributed by atoms with E-state index in [2.05, 4.69) is 25.9 Å². The van der Waals surface area contributed by atoms with Crippen LogP contribution in [0.25, 0.3) is 11.2 Å². The van der Waals surface area contributed by atoms with Crippen LogP contribution in [0.3, 0.4) is 0 Å². The van der Waals surface area contributed by atoms with Crippen molar-refractivity contribution in [3.05, 3.63) is 21.4 Å². The summed E-state index contributed by atoms with van der Waals surface area (Å²) in [6.07, 6.45) is -0.990. The number of imidazole rings is 1. The molecule has 35 heavy (non-hydrogen) atoms. The van der Waals surface area contributed by atoms with Crippen molar-refractivity contribution in [2.75, 3.05) is 13.2 Å². The van der Waals surface area contributed by atoms with Gasteiger partial charge in [-0.1, -0.05) is 0 Å². The first-order valence-electron chi connectivity index (χ1n) is 11.8. The van der Waals surface area contributed by atoms with Crippen LogP contribution in [0, 0.1) is 5.92 Å². The van der Waals surface area contributed by atoms with E-state index in [9.17, 15) is 15.0 Å². The Hall–Kier alpha value is -1.45. The molecule has 4 aliphatic rings. The topological polar surface area (TPSA) is 139 Å². The third-order valence-corrected chi connectivity index (χ3v) is 7.85. The van der Waals surface area contributed by atoms with E-state index in [0.717, 1.165) is 0 Å². The molecule has 0 unspecified atom stereocenters. The Morgan fingerprint density at radius 2 is 1.69 bits per heavy atom. The molecule has 4 fully saturated rings. The Morgan fingerprint density at radius 3 is 2.37 bits per heavy atom. The van der Waals surface area contributed by atoms with Crippen LogP contribution in [0.1, 0.15) is 46.4 Å². The van der Waals surface area contributed by atoms with Gasteiger partial charge in [-0.05, 0) is 50.0 Å². The van der Waals surface area contributed by atoms with Crippen molar-refractivity contribution in [3.8, 4) is 0 Å². The van der Waals surface area contributed by atoms with Crippen molar-refractivity contribution < 1.29 is 33.9 Å². The number of aliphatic hydroxyl groups excluding tert-OH is 2. The van der Waals surface area contributed by atoms with Gasteiger partial charge in [0.05, 0.1) is 18.8 Å². The fourth-order valence-electron chi connectivity index (χ4n) is 5.94. The van der Waals surface area contributed by atoms with Crippen LogP contribution < -0.4 is 5.56 Å². The van der Waals surface area contributed by atoms with Crippen LogP contribution in [0.15, 0.2) is 15.9 Å². The minimum Gasteiger partial charge on any atom is -0.396 e. The first kappa shape index (κ1) is 23.9. The van der Waals surface area contributed by atoms with Crippen molar-refractivity contribution in [1.82, 2.24) is 19.1 Å². The van der Waals surface area contributed by atoms with Gasteiger partial charge in [0.2, 0.25) is 0 Å². The van der Waals surface area contributed by atoms with E-state index in [0.29, 0.717) is 16.8 Å². The third kappa shape index (κ3) is 3.62. The summed E-state index contributed by atoms with van der Waals surface area (Å²) >= 11 is 3.46. The van der Waals surface area contributed by atoms with Crippen LogP contribution in [0.2, 0.25) is 0 Å². The van der Waals surface area contributed by atoms with E-state index < -0.39 is 36.1 Å². The predicted molar refractivity (Wildman–Crippen MR) is 122 cm³/mol. The quantitative estimate of drug-likeness (QED) is 0.520. The van der Waals surface area contributed by atoms with E-state index in [1.54, 1.807) is 18.4 Å². The molecule has 6 rings (SSSR count). The summed E-state index contributed by atoms with van der Waals surface area (Å²) in [4.78, 5) is 22.7. The standard InChI is InChI=1S/C22H29BrN4O8/c1-21(2)32-13-9(6-28)5-10(14(13)33-21)26-8-24-17-12(18(26)30)25-20(23)27(17)19-16-15(11(7-29)31-19)34-22(3,4)35-16/h8-11,13-16,19,28-29H,5-7H2,1-4H3/t9-,10-,11-,13-,14+,15-,16-,19-/m1/s1. The van der Waals surface area contributed by atoms with E-state index in [1.807, 2.05) is 13.8 Å². The Bertz CT molecular complexity index is 1210. The number of halogens is 1. The van der Waals surface area contributed by atoms with Gasteiger partial charge in [0, 0.05) is 12.5 Å². The monoisotopic (exact) mass is 556 g/mol. The van der Waals surface area contributed by atoms with Gasteiger partial charge >= 0.3 is 0 Å². The second-order valence-corrected chi connectivity index (χ2v) is 11.2. The highest BCUT2D eigenvalue weighted by Gasteiger charge is 2.57. The molecule has 2 aromatic rings. The second-order valence-electron chi connectivity index (χ2n) is 10.5. The summed E-state index contributed by atoms with van der Waals surface area (Å²) < 4.78 is 33.8. The van der Waals surface area contributed by atoms with Crippen molar-refractivity contribution in [1.29, 1.82) is 0 Å². The molecule has 12 nitrogen and oxygen atoms in total. The molecule has 5 heterocycles. The molecule has 0 aromatic carbocycles. The third-order valence-electron chi connectivity index (χ3n) is 7.29. The highest BCUT2D eigenvalue weighted by Crippen LogP contribution is 2.47. The number of fused-ring (bicyclic) bond motifs is 3. The normalized spacial score (nSPS) is 39.4. The van der Waals surface area contributed by atoms with Crippen molar-refractivity contribution in [2.45, 2.75) is 88.5 Å². The van der Waals surface area contributed by atoms with Crippen LogP contribution in [-0.2, 0) is 23.7 Å². The van der Waals surface area contributed by atoms with Crippen LogP contribution in [0.5, 0.6) is 0 Å². The number of nitrogens with zero attached hydrogens (tertiary/aromatic N) is 4. The van der Waals surface area contributed by atoms with Crippen molar-refractivity contribution >= 4 is 27.1 Å². The molecule has 2 N–H and O–H groups in total. The Labute approximate surface area is 209 Å². The summed E-state index contributed by atoms with van der Waals surface area (Å²) in [5, 5.41) is 19.7. The summed E-state index contributed by atoms with van der Waals surface area (Å²) in [6, 6.07) is -0.356. The van der Waals surface area contributed by atoms with E-state index in [-0.39, 0.29) is 48.5 Å². The fourth-order valence-corrected chi connectivity index (χ4v) is 6.49. The summed E-state index contributed by atoms with van der Waals surface area (Å²) in [6.45, 7) is 6.96. The van der Waals surface area contributed by atoms with Gasteiger partial charge in [-0.25, -0.2) is 9.97 Å². The fraction of sp³-hybridized carbons (Fsp3) is 0.773. The molecule has 0 radical (unpaired) electrons. The maximum Gasteiger partial charge on any atom is 0.281 e. The van der Waals surface area contributed by atoms with Gasteiger partial charge in [-0.3, -0.25) is 13.9 Å². The first-order chi connectivity index (χ1) is 16.5. The van der Waals surface area contributed by atoms with Crippen LogP contribution in [0.4, 0.5) is 0 Å². The number of ether oxygens (including phenoxy) is 5. The highest BCUT2D eigenvalue weighted by atomic mass is 79.9. The molecule has 0 spiro atoms. The second kappa shape index (κ2) is 8.02. The smallest absolute Gasteiger partial charge is 0.281 e. The molecule has 3 aliphatic heterocycles. The van der Waals surface area contributed by atoms with E-state index >= 15 is 0 Å². The van der Waals surface area contributed by atoms with Gasteiger partial charge in [0.15, 0.2) is 33.7 Å². The molecule has 192 valence electrons. The zero-order valence-electron chi connectivity index (χ0n) is 19.8. The summed E-state index contributed by atoms with van der Waals surface area (Å²) in [5.41, 5.74) is 0.153. The maximum absolute atomic E-state index is 13.6. The zero-order chi connectivity index (χ0) is 24.9. The first-order valence-corrected chi connectivity index (χ1v) is 12.6. The molecule has 1 saturated carbocycles. The maximum atomic E-state index is 13.6. The van der Waals surface area contributed by atoms with Crippen molar-refractivity contribution in [2.24, 2.45) is 5.92 Å².